The second kappa shape index (κ2) is 9.55. The van der Waals surface area contributed by atoms with Crippen LogP contribution in [0.15, 0.2) is 50.4 Å². The lowest BCUT2D eigenvalue weighted by Gasteiger charge is -2.42. The lowest BCUT2D eigenvalue weighted by Crippen LogP contribution is -2.46. The number of hydrogen-bond acceptors (Lipinski definition) is 6. The number of aromatic nitrogens is 1. The number of hydrogen-bond donors (Lipinski definition) is 2. The van der Waals surface area contributed by atoms with Crippen LogP contribution in [-0.4, -0.2) is 33.6 Å². The van der Waals surface area contributed by atoms with Crippen molar-refractivity contribution < 1.29 is 27.5 Å². The first-order chi connectivity index (χ1) is 17.6. The average molecular weight is 515 g/mol. The summed E-state index contributed by atoms with van der Waals surface area (Å²) in [7, 11) is 0. The molecule has 2 bridgehead atoms. The zero-order valence-corrected chi connectivity index (χ0v) is 19.6. The van der Waals surface area contributed by atoms with Gasteiger partial charge in [0, 0.05) is 49.8 Å². The Bertz CT molecular complexity index is 1480. The molecular weight excluding hydrogens is 491 g/mol. The summed E-state index contributed by atoms with van der Waals surface area (Å²) < 4.78 is 49.1. The second-order valence-electron chi connectivity index (χ2n) is 9.70. The van der Waals surface area contributed by atoms with Crippen molar-refractivity contribution in [1.82, 2.24) is 9.47 Å². The maximum absolute atomic E-state index is 14.0. The van der Waals surface area contributed by atoms with Crippen molar-refractivity contribution in [3.05, 3.63) is 97.2 Å². The molecule has 2 aliphatic rings. The van der Waals surface area contributed by atoms with Gasteiger partial charge >= 0.3 is 0 Å². The Morgan fingerprint density at radius 1 is 1.11 bits per heavy atom. The molecular formula is C26H24F3N3O5. The number of carbonyl (C=O) groups is 1. The van der Waals surface area contributed by atoms with E-state index >= 15 is 0 Å². The third-order valence-corrected chi connectivity index (χ3v) is 7.07. The zero-order chi connectivity index (χ0) is 26.4. The molecule has 0 spiro atoms. The van der Waals surface area contributed by atoms with E-state index in [1.165, 1.54) is 6.07 Å². The van der Waals surface area contributed by atoms with Crippen molar-refractivity contribution in [1.29, 1.82) is 0 Å². The molecule has 1 aromatic carbocycles. The van der Waals surface area contributed by atoms with E-state index in [4.69, 9.17) is 10.2 Å². The molecule has 4 heterocycles. The van der Waals surface area contributed by atoms with Gasteiger partial charge < -0.3 is 19.8 Å². The predicted molar refractivity (Wildman–Crippen MR) is 125 cm³/mol. The minimum absolute atomic E-state index is 0.0380. The Kier molecular flexibility index (Phi) is 6.40. The largest absolute Gasteiger partial charge is 0.502 e. The van der Waals surface area contributed by atoms with E-state index in [2.05, 4.69) is 4.90 Å². The van der Waals surface area contributed by atoms with Gasteiger partial charge in [-0.1, -0.05) is 6.07 Å². The second-order valence-corrected chi connectivity index (χ2v) is 9.70. The minimum Gasteiger partial charge on any atom is -0.502 e. The molecule has 0 unspecified atom stereocenters. The van der Waals surface area contributed by atoms with E-state index in [0.717, 1.165) is 18.2 Å². The SMILES string of the molecule is NC(=O)C[C@H](c1cc(F)c(F)c(F)c1)c1oc(CN2C[C@H]3C[C@@H](C2)c2cccc(=O)n2C3)cc(=O)c1O. The highest BCUT2D eigenvalue weighted by atomic mass is 19.2. The van der Waals surface area contributed by atoms with Crippen molar-refractivity contribution in [2.75, 3.05) is 13.1 Å². The summed E-state index contributed by atoms with van der Waals surface area (Å²) in [6, 6.07) is 7.66. The van der Waals surface area contributed by atoms with Crippen LogP contribution in [0.4, 0.5) is 13.2 Å². The van der Waals surface area contributed by atoms with Gasteiger partial charge in [-0.25, -0.2) is 13.2 Å². The normalized spacial score (nSPS) is 19.9. The summed E-state index contributed by atoms with van der Waals surface area (Å²) in [5, 5.41) is 10.5. The van der Waals surface area contributed by atoms with Gasteiger partial charge in [0.25, 0.3) is 5.56 Å². The lowest BCUT2D eigenvalue weighted by atomic mass is 9.83. The number of piperidine rings is 1. The van der Waals surface area contributed by atoms with Crippen LogP contribution in [0, 0.1) is 23.4 Å². The molecule has 37 heavy (non-hydrogen) atoms. The fourth-order valence-corrected chi connectivity index (χ4v) is 5.55. The molecule has 2 aromatic heterocycles. The quantitative estimate of drug-likeness (QED) is 0.487. The van der Waals surface area contributed by atoms with Crippen LogP contribution in [0.5, 0.6) is 5.75 Å². The van der Waals surface area contributed by atoms with Crippen LogP contribution in [-0.2, 0) is 17.9 Å². The molecule has 194 valence electrons. The van der Waals surface area contributed by atoms with Gasteiger partial charge in [0.15, 0.2) is 23.2 Å². The average Bonchev–Trinajstić information content (AvgIpc) is 2.83. The number of primary amides is 1. The highest BCUT2D eigenvalue weighted by Crippen LogP contribution is 2.37. The van der Waals surface area contributed by atoms with Crippen LogP contribution in [0.1, 0.15) is 47.5 Å². The number of amides is 1. The molecule has 11 heteroatoms. The fourth-order valence-electron chi connectivity index (χ4n) is 5.55. The van der Waals surface area contributed by atoms with Crippen molar-refractivity contribution in [3.8, 4) is 5.75 Å². The lowest BCUT2D eigenvalue weighted by molar-refractivity contribution is -0.118. The molecule has 1 amide bonds. The Morgan fingerprint density at radius 3 is 2.54 bits per heavy atom. The first-order valence-corrected chi connectivity index (χ1v) is 11.8. The Balaban J connectivity index is 1.47. The zero-order valence-electron chi connectivity index (χ0n) is 19.6. The summed E-state index contributed by atoms with van der Waals surface area (Å²) >= 11 is 0. The molecule has 0 radical (unpaired) electrons. The molecule has 3 N–H and O–H groups in total. The minimum atomic E-state index is -1.69. The monoisotopic (exact) mass is 515 g/mol. The predicted octanol–water partition coefficient (Wildman–Crippen LogP) is 2.55. The summed E-state index contributed by atoms with van der Waals surface area (Å²) in [5.41, 5.74) is 5.20. The third-order valence-electron chi connectivity index (χ3n) is 7.07. The molecule has 1 saturated heterocycles. The third kappa shape index (κ3) is 4.78. The first kappa shape index (κ1) is 24.8. The number of fused-ring (bicyclic) bond motifs is 4. The number of benzene rings is 1. The maximum atomic E-state index is 14.0. The van der Waals surface area contributed by atoms with Crippen molar-refractivity contribution in [2.45, 2.75) is 37.8 Å². The highest BCUT2D eigenvalue weighted by molar-refractivity contribution is 5.75. The number of aromatic hydroxyl groups is 1. The van der Waals surface area contributed by atoms with E-state index in [1.807, 2.05) is 6.07 Å². The maximum Gasteiger partial charge on any atom is 0.250 e. The van der Waals surface area contributed by atoms with Gasteiger partial charge in [-0.2, -0.15) is 0 Å². The number of carbonyl (C=O) groups excluding carboxylic acids is 1. The van der Waals surface area contributed by atoms with Crippen LogP contribution in [0.2, 0.25) is 0 Å². The van der Waals surface area contributed by atoms with Crippen LogP contribution in [0.3, 0.4) is 0 Å². The number of nitrogens with two attached hydrogens (primary N) is 1. The van der Waals surface area contributed by atoms with Gasteiger partial charge in [0.2, 0.25) is 17.1 Å². The Hall–Kier alpha value is -3.86. The van der Waals surface area contributed by atoms with E-state index in [0.29, 0.717) is 31.8 Å². The number of rotatable bonds is 6. The summed E-state index contributed by atoms with van der Waals surface area (Å²) in [6.45, 7) is 1.99. The van der Waals surface area contributed by atoms with Gasteiger partial charge in [-0.3, -0.25) is 19.3 Å². The highest BCUT2D eigenvalue weighted by Gasteiger charge is 2.35. The Labute approximate surface area is 208 Å². The van der Waals surface area contributed by atoms with Crippen LogP contribution < -0.4 is 16.7 Å². The standard InChI is InChI=1S/C26H24F3N3O5/c27-18-5-14(6-19(28)24(18)29)17(8-22(30)34)26-25(36)21(33)7-16(37-26)12-31-9-13-4-15(11-31)20-2-1-3-23(35)32(20)10-13/h1-3,5-7,13,15,17,36H,4,8-12H2,(H2,30,34)/t13-,15+,17-/m1/s1. The summed E-state index contributed by atoms with van der Waals surface area (Å²) in [4.78, 5) is 38.7. The van der Waals surface area contributed by atoms with Crippen molar-refractivity contribution >= 4 is 5.91 Å². The van der Waals surface area contributed by atoms with Gasteiger partial charge in [0.05, 0.1) is 12.5 Å². The molecule has 1 fully saturated rings. The summed E-state index contributed by atoms with van der Waals surface area (Å²) in [6.07, 6.45) is 0.372. The van der Waals surface area contributed by atoms with Gasteiger partial charge in [-0.05, 0) is 36.1 Å². The molecule has 8 nitrogen and oxygen atoms in total. The van der Waals surface area contributed by atoms with Gasteiger partial charge in [0.1, 0.15) is 5.76 Å². The topological polar surface area (TPSA) is 119 Å². The number of nitrogens with zero attached hydrogens (tertiary/aromatic N) is 2. The van der Waals surface area contributed by atoms with Crippen LogP contribution >= 0.6 is 0 Å². The summed E-state index contributed by atoms with van der Waals surface area (Å²) in [5.74, 6) is -7.64. The van der Waals surface area contributed by atoms with E-state index in [-0.39, 0.29) is 41.0 Å². The number of pyridine rings is 1. The molecule has 3 aromatic rings. The first-order valence-electron chi connectivity index (χ1n) is 11.8. The molecule has 0 aliphatic carbocycles. The number of likely N-dealkylation sites (tertiary alicyclic amines) is 1. The molecule has 2 aliphatic heterocycles. The smallest absolute Gasteiger partial charge is 0.250 e. The van der Waals surface area contributed by atoms with Crippen LogP contribution in [0.25, 0.3) is 0 Å². The molecule has 5 rings (SSSR count). The van der Waals surface area contributed by atoms with Crippen molar-refractivity contribution in [3.63, 3.8) is 0 Å². The van der Waals surface area contributed by atoms with Crippen molar-refractivity contribution in [2.24, 2.45) is 11.7 Å². The fraction of sp³-hybridized carbons (Fsp3) is 0.346. The van der Waals surface area contributed by atoms with E-state index in [9.17, 15) is 32.7 Å². The molecule has 0 saturated carbocycles. The molecule has 3 atom stereocenters. The van der Waals surface area contributed by atoms with E-state index in [1.54, 1.807) is 10.6 Å². The van der Waals surface area contributed by atoms with E-state index < -0.39 is 46.9 Å². The van der Waals surface area contributed by atoms with Gasteiger partial charge in [-0.15, -0.1) is 0 Å². The number of halogens is 3. The Morgan fingerprint density at radius 2 is 1.84 bits per heavy atom.